The van der Waals surface area contributed by atoms with Crippen molar-refractivity contribution in [3.05, 3.63) is 0 Å². The Balaban J connectivity index is 2.07. The minimum absolute atomic E-state index is 0.416. The van der Waals surface area contributed by atoms with Crippen molar-refractivity contribution < 1.29 is 4.74 Å². The Morgan fingerprint density at radius 1 is 1.21 bits per heavy atom. The number of rotatable bonds is 8. The predicted octanol–water partition coefficient (Wildman–Crippen LogP) is 3.85. The molecule has 1 heterocycles. The van der Waals surface area contributed by atoms with E-state index in [1.807, 2.05) is 0 Å². The van der Waals surface area contributed by atoms with Crippen LogP contribution >= 0.6 is 0 Å². The minimum atomic E-state index is 0.416. The summed E-state index contributed by atoms with van der Waals surface area (Å²) in [6.45, 7) is 12.6. The van der Waals surface area contributed by atoms with Crippen LogP contribution in [0, 0.1) is 23.2 Å². The zero-order valence-electron chi connectivity index (χ0n) is 13.4. The van der Waals surface area contributed by atoms with Gasteiger partial charge in [-0.2, -0.15) is 0 Å². The van der Waals surface area contributed by atoms with Gasteiger partial charge in [0.05, 0.1) is 6.10 Å². The summed E-state index contributed by atoms with van der Waals surface area (Å²) in [5.41, 5.74) is 0.416. The molecule has 1 aliphatic heterocycles. The van der Waals surface area contributed by atoms with Crippen molar-refractivity contribution in [2.75, 3.05) is 19.7 Å². The van der Waals surface area contributed by atoms with Gasteiger partial charge in [0.1, 0.15) is 0 Å². The van der Waals surface area contributed by atoms with Crippen LogP contribution in [0.3, 0.4) is 0 Å². The molecule has 2 aliphatic rings. The van der Waals surface area contributed by atoms with Crippen LogP contribution in [0.1, 0.15) is 59.8 Å². The van der Waals surface area contributed by atoms with Crippen LogP contribution < -0.4 is 5.32 Å². The Morgan fingerprint density at radius 2 is 1.89 bits per heavy atom. The van der Waals surface area contributed by atoms with Crippen LogP contribution in [0.5, 0.6) is 0 Å². The van der Waals surface area contributed by atoms with E-state index in [0.29, 0.717) is 11.5 Å². The lowest BCUT2D eigenvalue weighted by molar-refractivity contribution is -0.00363. The summed E-state index contributed by atoms with van der Waals surface area (Å²) in [4.78, 5) is 0. The minimum Gasteiger partial charge on any atom is -0.377 e. The lowest BCUT2D eigenvalue weighted by Gasteiger charge is -2.41. The monoisotopic (exact) mass is 267 g/mol. The molecular formula is C17H33NO. The van der Waals surface area contributed by atoms with Crippen molar-refractivity contribution in [1.82, 2.24) is 5.32 Å². The third-order valence-corrected chi connectivity index (χ3v) is 5.29. The van der Waals surface area contributed by atoms with E-state index in [9.17, 15) is 0 Å². The second-order valence-electron chi connectivity index (χ2n) is 7.15. The first-order valence-corrected chi connectivity index (χ1v) is 8.46. The van der Waals surface area contributed by atoms with Crippen LogP contribution in [-0.4, -0.2) is 25.8 Å². The van der Waals surface area contributed by atoms with Gasteiger partial charge in [-0.3, -0.25) is 0 Å². The van der Waals surface area contributed by atoms with E-state index in [2.05, 4.69) is 33.0 Å². The molecule has 1 saturated carbocycles. The fourth-order valence-electron chi connectivity index (χ4n) is 4.15. The van der Waals surface area contributed by atoms with E-state index in [0.717, 1.165) is 30.9 Å². The summed E-state index contributed by atoms with van der Waals surface area (Å²) in [5.74, 6) is 2.42. The van der Waals surface area contributed by atoms with Crippen molar-refractivity contribution in [3.8, 4) is 0 Å². The highest BCUT2D eigenvalue weighted by Crippen LogP contribution is 2.52. The van der Waals surface area contributed by atoms with Gasteiger partial charge in [0, 0.05) is 18.6 Å². The van der Waals surface area contributed by atoms with Crippen LogP contribution in [0.25, 0.3) is 0 Å². The summed E-state index contributed by atoms with van der Waals surface area (Å²) < 4.78 is 6.20. The van der Waals surface area contributed by atoms with Gasteiger partial charge in [0.2, 0.25) is 0 Å². The molecule has 0 aromatic heterocycles. The molecule has 2 nitrogen and oxygen atoms in total. The van der Waals surface area contributed by atoms with Crippen LogP contribution in [0.2, 0.25) is 0 Å². The predicted molar refractivity (Wildman–Crippen MR) is 81.3 cm³/mol. The van der Waals surface area contributed by atoms with Gasteiger partial charge in [-0.05, 0) is 43.6 Å². The molecule has 2 heteroatoms. The Bertz CT molecular complexity index is 270. The molecule has 0 aromatic carbocycles. The Hall–Kier alpha value is -0.0800. The summed E-state index contributed by atoms with van der Waals surface area (Å²) in [6, 6.07) is 0. The topological polar surface area (TPSA) is 21.3 Å². The Morgan fingerprint density at radius 3 is 2.42 bits per heavy atom. The van der Waals surface area contributed by atoms with E-state index < -0.39 is 0 Å². The third kappa shape index (κ3) is 3.33. The zero-order valence-corrected chi connectivity index (χ0v) is 13.4. The largest absolute Gasteiger partial charge is 0.377 e. The number of ether oxygens (including phenoxy) is 1. The molecule has 0 amide bonds. The fourth-order valence-corrected chi connectivity index (χ4v) is 4.15. The number of hydrogen-bond donors (Lipinski definition) is 1. The standard InChI is InChI=1S/C17H33NO/c1-5-15(6-2)17(12-18-11-13(3)4)9-10-19-16(17)14-7-8-14/h13-16,18H,5-12H2,1-4H3. The lowest BCUT2D eigenvalue weighted by Crippen LogP contribution is -2.47. The molecule has 2 atom stereocenters. The lowest BCUT2D eigenvalue weighted by atomic mass is 9.66. The number of nitrogens with one attached hydrogen (secondary N) is 1. The molecule has 1 aliphatic carbocycles. The molecule has 1 saturated heterocycles. The highest BCUT2D eigenvalue weighted by molar-refractivity contribution is 5.03. The molecule has 0 aromatic rings. The molecule has 112 valence electrons. The fraction of sp³-hybridized carbons (Fsp3) is 1.00. The average molecular weight is 267 g/mol. The van der Waals surface area contributed by atoms with Gasteiger partial charge < -0.3 is 10.1 Å². The second-order valence-corrected chi connectivity index (χ2v) is 7.15. The second kappa shape index (κ2) is 6.58. The maximum atomic E-state index is 6.20. The van der Waals surface area contributed by atoms with Crippen LogP contribution in [0.4, 0.5) is 0 Å². The smallest absolute Gasteiger partial charge is 0.0675 e. The summed E-state index contributed by atoms with van der Waals surface area (Å²) >= 11 is 0. The average Bonchev–Trinajstić information content (AvgIpc) is 3.13. The molecule has 2 rings (SSSR count). The van der Waals surface area contributed by atoms with Gasteiger partial charge >= 0.3 is 0 Å². The molecule has 19 heavy (non-hydrogen) atoms. The maximum Gasteiger partial charge on any atom is 0.0675 e. The van der Waals surface area contributed by atoms with Crippen molar-refractivity contribution in [2.24, 2.45) is 23.2 Å². The first kappa shape index (κ1) is 15.3. The molecule has 2 unspecified atom stereocenters. The van der Waals surface area contributed by atoms with E-state index in [1.54, 1.807) is 0 Å². The molecule has 0 radical (unpaired) electrons. The van der Waals surface area contributed by atoms with Crippen LogP contribution in [0.15, 0.2) is 0 Å². The Labute approximate surface area is 119 Å². The van der Waals surface area contributed by atoms with Crippen molar-refractivity contribution in [2.45, 2.75) is 65.9 Å². The normalized spacial score (nSPS) is 31.6. The van der Waals surface area contributed by atoms with E-state index in [-0.39, 0.29) is 0 Å². The highest BCUT2D eigenvalue weighted by Gasteiger charge is 2.53. The van der Waals surface area contributed by atoms with Gasteiger partial charge in [-0.15, -0.1) is 0 Å². The third-order valence-electron chi connectivity index (χ3n) is 5.29. The molecule has 0 spiro atoms. The number of hydrogen-bond acceptors (Lipinski definition) is 2. The van der Waals surface area contributed by atoms with Crippen molar-refractivity contribution in [3.63, 3.8) is 0 Å². The van der Waals surface area contributed by atoms with E-state index in [4.69, 9.17) is 4.74 Å². The summed E-state index contributed by atoms with van der Waals surface area (Å²) in [5, 5.41) is 3.75. The molecule has 0 bridgehead atoms. The van der Waals surface area contributed by atoms with Gasteiger partial charge in [0.15, 0.2) is 0 Å². The zero-order chi connectivity index (χ0) is 13.9. The van der Waals surface area contributed by atoms with Crippen molar-refractivity contribution >= 4 is 0 Å². The summed E-state index contributed by atoms with van der Waals surface area (Å²) in [7, 11) is 0. The Kier molecular flexibility index (Phi) is 5.30. The molecule has 1 N–H and O–H groups in total. The van der Waals surface area contributed by atoms with E-state index in [1.165, 1.54) is 38.6 Å². The first-order chi connectivity index (χ1) is 9.14. The quantitative estimate of drug-likeness (QED) is 0.721. The van der Waals surface area contributed by atoms with Gasteiger partial charge in [0.25, 0.3) is 0 Å². The first-order valence-electron chi connectivity index (χ1n) is 8.46. The SMILES string of the molecule is CCC(CC)C1(CNCC(C)C)CCOC1C1CC1. The molecular weight excluding hydrogens is 234 g/mol. The van der Waals surface area contributed by atoms with Gasteiger partial charge in [-0.1, -0.05) is 40.5 Å². The maximum absolute atomic E-state index is 6.20. The van der Waals surface area contributed by atoms with Crippen molar-refractivity contribution in [1.29, 1.82) is 0 Å². The van der Waals surface area contributed by atoms with Gasteiger partial charge in [-0.25, -0.2) is 0 Å². The van der Waals surface area contributed by atoms with E-state index >= 15 is 0 Å². The molecule has 2 fully saturated rings. The highest BCUT2D eigenvalue weighted by atomic mass is 16.5. The summed E-state index contributed by atoms with van der Waals surface area (Å²) in [6.07, 6.45) is 7.20. The van der Waals surface area contributed by atoms with Crippen LogP contribution in [-0.2, 0) is 4.74 Å².